The smallest absolute Gasteiger partial charge is 0.302 e. The normalized spacial score (nSPS) is 10.0. The van der Waals surface area contributed by atoms with Gasteiger partial charge in [0.2, 0.25) is 0 Å². The Balaban J connectivity index is 0. The highest BCUT2D eigenvalue weighted by atomic mass is 16.5. The van der Waals surface area contributed by atoms with E-state index < -0.39 is 5.60 Å². The molecular weight excluding hydrogens is 196 g/mol. The first-order chi connectivity index (χ1) is 6.69. The lowest BCUT2D eigenvalue weighted by atomic mass is 10.0. The number of rotatable bonds is 4. The molecule has 90 valence electrons. The predicted molar refractivity (Wildman–Crippen MR) is 58.5 cm³/mol. The molecule has 0 heterocycles. The monoisotopic (exact) mass is 218 g/mol. The van der Waals surface area contributed by atoms with E-state index in [1.807, 2.05) is 6.92 Å². The summed E-state index contributed by atoms with van der Waals surface area (Å²) in [7, 11) is 0. The second-order valence-electron chi connectivity index (χ2n) is 4.03. The SMILES string of the molecule is CC(=O)CC(C)(C)O.CCCOC(C)=O. The number of ketones is 1. The fourth-order valence-corrected chi connectivity index (χ4v) is 0.855. The molecule has 0 aromatic rings. The Labute approximate surface area is 91.6 Å². The topological polar surface area (TPSA) is 63.6 Å². The van der Waals surface area contributed by atoms with Gasteiger partial charge in [-0.15, -0.1) is 0 Å². The summed E-state index contributed by atoms with van der Waals surface area (Å²) >= 11 is 0. The zero-order valence-corrected chi connectivity index (χ0v) is 10.3. The van der Waals surface area contributed by atoms with Gasteiger partial charge in [0.25, 0.3) is 0 Å². The van der Waals surface area contributed by atoms with Gasteiger partial charge in [0, 0.05) is 13.3 Å². The number of esters is 1. The Morgan fingerprint density at radius 1 is 1.27 bits per heavy atom. The Kier molecular flexibility index (Phi) is 9.27. The van der Waals surface area contributed by atoms with Crippen molar-refractivity contribution in [2.45, 2.75) is 53.1 Å². The Morgan fingerprint density at radius 3 is 1.80 bits per heavy atom. The van der Waals surface area contributed by atoms with Crippen LogP contribution in [0.25, 0.3) is 0 Å². The molecule has 0 radical (unpaired) electrons. The maximum Gasteiger partial charge on any atom is 0.302 e. The molecule has 4 nitrogen and oxygen atoms in total. The minimum atomic E-state index is -0.828. The van der Waals surface area contributed by atoms with Crippen molar-refractivity contribution in [2.24, 2.45) is 0 Å². The van der Waals surface area contributed by atoms with Crippen LogP contribution in [-0.4, -0.2) is 29.1 Å². The molecule has 0 rings (SSSR count). The van der Waals surface area contributed by atoms with Crippen LogP contribution in [0.5, 0.6) is 0 Å². The lowest BCUT2D eigenvalue weighted by Crippen LogP contribution is -2.21. The first-order valence-electron chi connectivity index (χ1n) is 5.04. The zero-order chi connectivity index (χ0) is 12.5. The third-order valence-corrected chi connectivity index (χ3v) is 1.19. The van der Waals surface area contributed by atoms with Crippen LogP contribution in [0, 0.1) is 0 Å². The van der Waals surface area contributed by atoms with Crippen molar-refractivity contribution in [1.82, 2.24) is 0 Å². The Morgan fingerprint density at radius 2 is 1.73 bits per heavy atom. The zero-order valence-electron chi connectivity index (χ0n) is 10.3. The number of carbonyl (C=O) groups excluding carboxylic acids is 2. The van der Waals surface area contributed by atoms with Crippen molar-refractivity contribution >= 4 is 11.8 Å². The highest BCUT2D eigenvalue weighted by molar-refractivity contribution is 5.76. The Hall–Kier alpha value is -0.900. The van der Waals surface area contributed by atoms with Gasteiger partial charge in [-0.2, -0.15) is 0 Å². The molecule has 0 saturated carbocycles. The molecule has 15 heavy (non-hydrogen) atoms. The van der Waals surface area contributed by atoms with Gasteiger partial charge >= 0.3 is 5.97 Å². The third-order valence-electron chi connectivity index (χ3n) is 1.19. The van der Waals surface area contributed by atoms with Crippen LogP contribution in [-0.2, 0) is 14.3 Å². The van der Waals surface area contributed by atoms with E-state index >= 15 is 0 Å². The van der Waals surface area contributed by atoms with Crippen LogP contribution < -0.4 is 0 Å². The standard InChI is InChI=1S/C6H12O2.C5H10O2/c1-5(7)4-6(2,3)8;1-3-4-7-5(2)6/h8H,4H2,1-3H3;3-4H2,1-2H3. The molecule has 0 fully saturated rings. The number of ether oxygens (including phenoxy) is 1. The summed E-state index contributed by atoms with van der Waals surface area (Å²) in [5.74, 6) is -0.167. The van der Waals surface area contributed by atoms with Crippen molar-refractivity contribution in [3.8, 4) is 0 Å². The molecule has 1 N–H and O–H groups in total. The van der Waals surface area contributed by atoms with E-state index in [9.17, 15) is 9.59 Å². The molecule has 0 unspecified atom stereocenters. The number of hydrogen-bond acceptors (Lipinski definition) is 4. The number of carbonyl (C=O) groups is 2. The van der Waals surface area contributed by atoms with Gasteiger partial charge < -0.3 is 9.84 Å². The van der Waals surface area contributed by atoms with E-state index in [2.05, 4.69) is 4.74 Å². The number of Topliss-reactive ketones (excluding diaryl/α,β-unsaturated/α-hetero) is 1. The van der Waals surface area contributed by atoms with Gasteiger partial charge in [-0.25, -0.2) is 0 Å². The highest BCUT2D eigenvalue weighted by Gasteiger charge is 2.13. The average molecular weight is 218 g/mol. The van der Waals surface area contributed by atoms with E-state index in [-0.39, 0.29) is 18.2 Å². The summed E-state index contributed by atoms with van der Waals surface area (Å²) in [5, 5.41) is 8.97. The van der Waals surface area contributed by atoms with Crippen LogP contribution in [0.2, 0.25) is 0 Å². The largest absolute Gasteiger partial charge is 0.466 e. The van der Waals surface area contributed by atoms with Crippen molar-refractivity contribution in [3.05, 3.63) is 0 Å². The first kappa shape index (κ1) is 16.5. The molecule has 0 aromatic heterocycles. The molecule has 0 aliphatic carbocycles. The number of hydrogen-bond donors (Lipinski definition) is 1. The van der Waals surface area contributed by atoms with Crippen LogP contribution >= 0.6 is 0 Å². The quantitative estimate of drug-likeness (QED) is 0.729. The molecule has 0 aliphatic rings. The fraction of sp³-hybridized carbons (Fsp3) is 0.818. The summed E-state index contributed by atoms with van der Waals surface area (Å²) in [4.78, 5) is 20.3. The third kappa shape index (κ3) is 24.6. The minimum absolute atomic E-state index is 0.0255. The van der Waals surface area contributed by atoms with Crippen LogP contribution in [0.1, 0.15) is 47.5 Å². The van der Waals surface area contributed by atoms with Crippen molar-refractivity contribution < 1.29 is 19.4 Å². The predicted octanol–water partition coefficient (Wildman–Crippen LogP) is 1.70. The van der Waals surface area contributed by atoms with Crippen molar-refractivity contribution in [2.75, 3.05) is 6.61 Å². The van der Waals surface area contributed by atoms with Gasteiger partial charge in [-0.3, -0.25) is 9.59 Å². The van der Waals surface area contributed by atoms with Gasteiger partial charge in [0.05, 0.1) is 12.2 Å². The second kappa shape index (κ2) is 8.41. The van der Waals surface area contributed by atoms with E-state index in [1.54, 1.807) is 13.8 Å². The van der Waals surface area contributed by atoms with E-state index in [0.717, 1.165) is 6.42 Å². The molecule has 0 aromatic carbocycles. The fourth-order valence-electron chi connectivity index (χ4n) is 0.855. The first-order valence-corrected chi connectivity index (χ1v) is 5.04. The van der Waals surface area contributed by atoms with E-state index in [4.69, 9.17) is 5.11 Å². The molecule has 0 spiro atoms. The second-order valence-corrected chi connectivity index (χ2v) is 4.03. The maximum atomic E-state index is 10.3. The molecule has 0 saturated heterocycles. The van der Waals surface area contributed by atoms with Crippen molar-refractivity contribution in [1.29, 1.82) is 0 Å². The lowest BCUT2D eigenvalue weighted by Gasteiger charge is -2.13. The van der Waals surface area contributed by atoms with Gasteiger partial charge in [0.15, 0.2) is 0 Å². The lowest BCUT2D eigenvalue weighted by molar-refractivity contribution is -0.140. The average Bonchev–Trinajstić information content (AvgIpc) is 1.96. The minimum Gasteiger partial charge on any atom is -0.466 e. The van der Waals surface area contributed by atoms with Crippen LogP contribution in [0.15, 0.2) is 0 Å². The summed E-state index contributed by atoms with van der Waals surface area (Å²) < 4.78 is 4.55. The molecule has 0 amide bonds. The molecular formula is C11H22O4. The van der Waals surface area contributed by atoms with Crippen LogP contribution in [0.4, 0.5) is 0 Å². The summed E-state index contributed by atoms with van der Waals surface area (Å²) in [5.41, 5.74) is -0.828. The van der Waals surface area contributed by atoms with Gasteiger partial charge in [0.1, 0.15) is 5.78 Å². The summed E-state index contributed by atoms with van der Waals surface area (Å²) in [6, 6.07) is 0. The van der Waals surface area contributed by atoms with Gasteiger partial charge in [-0.1, -0.05) is 6.92 Å². The van der Waals surface area contributed by atoms with Crippen molar-refractivity contribution in [3.63, 3.8) is 0 Å². The molecule has 0 aliphatic heterocycles. The molecule has 0 atom stereocenters. The van der Waals surface area contributed by atoms with Crippen LogP contribution in [0.3, 0.4) is 0 Å². The van der Waals surface area contributed by atoms with E-state index in [1.165, 1.54) is 13.8 Å². The summed E-state index contributed by atoms with van der Waals surface area (Å²) in [6.07, 6.45) is 1.15. The maximum absolute atomic E-state index is 10.3. The molecule has 4 heteroatoms. The Bertz CT molecular complexity index is 191. The van der Waals surface area contributed by atoms with E-state index in [0.29, 0.717) is 6.61 Å². The number of aliphatic hydroxyl groups is 1. The van der Waals surface area contributed by atoms with Gasteiger partial charge in [-0.05, 0) is 27.2 Å². The highest BCUT2D eigenvalue weighted by Crippen LogP contribution is 2.06. The summed E-state index contributed by atoms with van der Waals surface area (Å²) in [6.45, 7) is 8.63. The molecule has 0 bridgehead atoms.